The lowest BCUT2D eigenvalue weighted by molar-refractivity contribution is 0.0600. The molecular weight excluding hydrogens is 424 g/mol. The highest BCUT2D eigenvalue weighted by Crippen LogP contribution is 2.38. The van der Waals surface area contributed by atoms with Crippen molar-refractivity contribution in [3.8, 4) is 11.3 Å². The number of imidazole rings is 1. The van der Waals surface area contributed by atoms with Crippen molar-refractivity contribution in [3.63, 3.8) is 0 Å². The highest BCUT2D eigenvalue weighted by Gasteiger charge is 2.26. The standard InChI is InChI=1S/C23H20ClF2N3O2/c1-4-5-15-11-16(12(2)27-15)17-9-14(25)10-18(26)20(17)21-22(24)29-7-6-13(23(30)31-3)8-19(29)28-21/h6-11,15H,4-5H2,1-3H3. The lowest BCUT2D eigenvalue weighted by Gasteiger charge is -2.11. The molecule has 4 rings (SSSR count). The minimum Gasteiger partial charge on any atom is -0.465 e. The molecule has 1 aromatic carbocycles. The summed E-state index contributed by atoms with van der Waals surface area (Å²) in [6.07, 6.45) is 5.27. The van der Waals surface area contributed by atoms with Gasteiger partial charge in [-0.05, 0) is 37.1 Å². The fourth-order valence-electron chi connectivity index (χ4n) is 3.84. The summed E-state index contributed by atoms with van der Waals surface area (Å²) in [5.41, 5.74) is 2.58. The fraction of sp³-hybridized carbons (Fsp3) is 0.261. The summed E-state index contributed by atoms with van der Waals surface area (Å²) in [5.74, 6) is -2.00. The Morgan fingerprint density at radius 1 is 1.29 bits per heavy atom. The minimum absolute atomic E-state index is 0.0293. The first-order valence-electron chi connectivity index (χ1n) is 9.86. The number of benzene rings is 1. The van der Waals surface area contributed by atoms with Crippen molar-refractivity contribution in [1.29, 1.82) is 0 Å². The fourth-order valence-corrected chi connectivity index (χ4v) is 4.12. The molecule has 0 saturated carbocycles. The number of methoxy groups -OCH3 is 1. The van der Waals surface area contributed by atoms with E-state index in [0.717, 1.165) is 18.9 Å². The topological polar surface area (TPSA) is 56.0 Å². The molecule has 3 heterocycles. The average molecular weight is 444 g/mol. The number of ether oxygens (including phenoxy) is 1. The number of aliphatic imine (C=N–C) groups is 1. The maximum absolute atomic E-state index is 15.1. The van der Waals surface area contributed by atoms with Gasteiger partial charge in [-0.3, -0.25) is 9.39 Å². The number of rotatable bonds is 5. The van der Waals surface area contributed by atoms with Crippen LogP contribution in [0.5, 0.6) is 0 Å². The van der Waals surface area contributed by atoms with Crippen LogP contribution >= 0.6 is 11.6 Å². The maximum atomic E-state index is 15.1. The minimum atomic E-state index is -0.777. The van der Waals surface area contributed by atoms with Gasteiger partial charge in [-0.1, -0.05) is 31.0 Å². The van der Waals surface area contributed by atoms with Gasteiger partial charge in [0.1, 0.15) is 28.1 Å². The zero-order valence-corrected chi connectivity index (χ0v) is 18.0. The number of nitrogens with zero attached hydrogens (tertiary/aromatic N) is 3. The van der Waals surface area contributed by atoms with Crippen molar-refractivity contribution in [3.05, 3.63) is 64.5 Å². The van der Waals surface area contributed by atoms with Crippen molar-refractivity contribution in [2.45, 2.75) is 32.7 Å². The number of allylic oxidation sites excluding steroid dienone is 1. The molecule has 5 nitrogen and oxygen atoms in total. The number of hydrogen-bond acceptors (Lipinski definition) is 4. The molecule has 1 atom stereocenters. The van der Waals surface area contributed by atoms with E-state index in [4.69, 9.17) is 16.3 Å². The molecule has 3 aromatic rings. The first-order chi connectivity index (χ1) is 14.8. The molecule has 1 unspecified atom stereocenters. The molecule has 0 N–H and O–H groups in total. The van der Waals surface area contributed by atoms with Crippen LogP contribution in [0.4, 0.5) is 8.78 Å². The van der Waals surface area contributed by atoms with Crippen molar-refractivity contribution >= 4 is 34.5 Å². The predicted octanol–water partition coefficient (Wildman–Crippen LogP) is 5.75. The Balaban J connectivity index is 1.92. The number of aromatic nitrogens is 2. The van der Waals surface area contributed by atoms with Crippen LogP contribution in [0.1, 0.15) is 42.6 Å². The monoisotopic (exact) mass is 443 g/mol. The van der Waals surface area contributed by atoms with Crippen LogP contribution in [0, 0.1) is 11.6 Å². The second-order valence-electron chi connectivity index (χ2n) is 7.35. The molecule has 1 aliphatic rings. The van der Waals surface area contributed by atoms with Crippen LogP contribution < -0.4 is 0 Å². The van der Waals surface area contributed by atoms with Crippen LogP contribution in [-0.4, -0.2) is 34.2 Å². The first-order valence-corrected chi connectivity index (χ1v) is 10.2. The van der Waals surface area contributed by atoms with Gasteiger partial charge in [0.25, 0.3) is 0 Å². The van der Waals surface area contributed by atoms with Gasteiger partial charge in [-0.2, -0.15) is 0 Å². The first kappa shape index (κ1) is 21.2. The number of carbonyl (C=O) groups excluding carboxylic acids is 1. The molecule has 0 amide bonds. The third-order valence-corrected chi connectivity index (χ3v) is 5.62. The highest BCUT2D eigenvalue weighted by molar-refractivity contribution is 6.33. The maximum Gasteiger partial charge on any atom is 0.338 e. The lowest BCUT2D eigenvalue weighted by atomic mass is 9.94. The van der Waals surface area contributed by atoms with Gasteiger partial charge in [0.15, 0.2) is 0 Å². The van der Waals surface area contributed by atoms with Gasteiger partial charge in [0, 0.05) is 29.1 Å². The Kier molecular flexibility index (Phi) is 5.62. The summed E-state index contributed by atoms with van der Waals surface area (Å²) in [6.45, 7) is 3.88. The van der Waals surface area contributed by atoms with E-state index in [0.29, 0.717) is 22.5 Å². The van der Waals surface area contributed by atoms with Gasteiger partial charge in [0.05, 0.1) is 18.7 Å². The summed E-state index contributed by atoms with van der Waals surface area (Å²) in [5, 5.41) is 0.150. The number of halogens is 3. The Morgan fingerprint density at radius 3 is 2.77 bits per heavy atom. The summed E-state index contributed by atoms with van der Waals surface area (Å²) in [7, 11) is 1.28. The smallest absolute Gasteiger partial charge is 0.338 e. The van der Waals surface area contributed by atoms with E-state index in [9.17, 15) is 9.18 Å². The van der Waals surface area contributed by atoms with Crippen molar-refractivity contribution < 1.29 is 18.3 Å². The van der Waals surface area contributed by atoms with Crippen LogP contribution in [0.25, 0.3) is 22.5 Å². The molecule has 2 aromatic heterocycles. The number of esters is 1. The second-order valence-corrected chi connectivity index (χ2v) is 7.71. The van der Waals surface area contributed by atoms with Gasteiger partial charge in [-0.15, -0.1) is 0 Å². The van der Waals surface area contributed by atoms with Crippen LogP contribution in [0.15, 0.2) is 41.5 Å². The lowest BCUT2D eigenvalue weighted by Crippen LogP contribution is -2.01. The normalized spacial score (nSPS) is 15.9. The van der Waals surface area contributed by atoms with Crippen LogP contribution in [0.3, 0.4) is 0 Å². The molecule has 0 aliphatic carbocycles. The summed E-state index contributed by atoms with van der Waals surface area (Å²) >= 11 is 6.54. The third-order valence-electron chi connectivity index (χ3n) is 5.26. The summed E-state index contributed by atoms with van der Waals surface area (Å²) in [4.78, 5) is 20.9. The van der Waals surface area contributed by atoms with Crippen molar-refractivity contribution in [2.24, 2.45) is 4.99 Å². The summed E-state index contributed by atoms with van der Waals surface area (Å²) < 4.78 is 35.6. The third kappa shape index (κ3) is 3.74. The van der Waals surface area contributed by atoms with Gasteiger partial charge < -0.3 is 4.74 Å². The van der Waals surface area contributed by atoms with Crippen molar-refractivity contribution in [2.75, 3.05) is 7.11 Å². The molecule has 0 spiro atoms. The Bertz CT molecular complexity index is 1260. The van der Waals surface area contributed by atoms with Gasteiger partial charge in [0.2, 0.25) is 0 Å². The van der Waals surface area contributed by atoms with E-state index in [1.54, 1.807) is 6.20 Å². The van der Waals surface area contributed by atoms with E-state index in [2.05, 4.69) is 16.9 Å². The summed E-state index contributed by atoms with van der Waals surface area (Å²) in [6, 6.07) is 5.09. The molecule has 0 bridgehead atoms. The van der Waals surface area contributed by atoms with Gasteiger partial charge >= 0.3 is 5.97 Å². The molecule has 31 heavy (non-hydrogen) atoms. The molecule has 0 fully saturated rings. The van der Waals surface area contributed by atoms with E-state index in [1.807, 2.05) is 13.0 Å². The number of hydrogen-bond donors (Lipinski definition) is 0. The van der Waals surface area contributed by atoms with Crippen LogP contribution in [-0.2, 0) is 4.74 Å². The van der Waals surface area contributed by atoms with E-state index in [1.165, 1.54) is 29.7 Å². The SMILES string of the molecule is CCCC1C=C(c2cc(F)cc(F)c2-c2nc3cc(C(=O)OC)ccn3c2Cl)C(C)=N1. The van der Waals surface area contributed by atoms with Gasteiger partial charge in [-0.25, -0.2) is 18.6 Å². The highest BCUT2D eigenvalue weighted by atomic mass is 35.5. The number of fused-ring (bicyclic) bond motifs is 1. The second kappa shape index (κ2) is 8.23. The molecule has 1 aliphatic heterocycles. The van der Waals surface area contributed by atoms with E-state index < -0.39 is 17.6 Å². The van der Waals surface area contributed by atoms with Crippen molar-refractivity contribution in [1.82, 2.24) is 9.38 Å². The molecule has 0 saturated heterocycles. The zero-order chi connectivity index (χ0) is 22.3. The largest absolute Gasteiger partial charge is 0.465 e. The Labute approximate surface area is 183 Å². The molecular formula is C23H20ClF2N3O2. The molecule has 0 radical (unpaired) electrons. The zero-order valence-electron chi connectivity index (χ0n) is 17.2. The van der Waals surface area contributed by atoms with E-state index >= 15 is 4.39 Å². The Hall–Kier alpha value is -3.06. The average Bonchev–Trinajstić information content (AvgIpc) is 3.26. The predicted molar refractivity (Wildman–Crippen MR) is 117 cm³/mol. The molecule has 8 heteroatoms. The Morgan fingerprint density at radius 2 is 2.06 bits per heavy atom. The molecule has 160 valence electrons. The van der Waals surface area contributed by atoms with E-state index in [-0.39, 0.29) is 28.0 Å². The number of carbonyl (C=O) groups is 1. The number of pyridine rings is 1. The van der Waals surface area contributed by atoms with Crippen LogP contribution in [0.2, 0.25) is 5.15 Å². The quantitative estimate of drug-likeness (QED) is 0.472.